The number of fused-ring (bicyclic) bond motifs is 1. The molecule has 0 fully saturated rings. The van der Waals surface area contributed by atoms with Crippen LogP contribution in [0.3, 0.4) is 0 Å². The average Bonchev–Trinajstić information content (AvgIpc) is 2.59. The quantitative estimate of drug-likeness (QED) is 0.795. The third kappa shape index (κ3) is 3.66. The number of aryl methyl sites for hydroxylation is 1. The number of aliphatic hydroxyl groups is 1. The van der Waals surface area contributed by atoms with Gasteiger partial charge < -0.3 is 15.7 Å². The predicted molar refractivity (Wildman–Crippen MR) is 87.0 cm³/mol. The minimum absolute atomic E-state index is 0.0522. The van der Waals surface area contributed by atoms with Crippen LogP contribution < -0.4 is 10.6 Å². The molecule has 0 spiro atoms. The Hall–Kier alpha value is -2.80. The van der Waals surface area contributed by atoms with E-state index in [4.69, 9.17) is 0 Å². The van der Waals surface area contributed by atoms with Crippen molar-refractivity contribution in [3.8, 4) is 0 Å². The maximum absolute atomic E-state index is 14.1. The largest absolute Gasteiger partial charge is 0.386 e. The molecule has 1 aliphatic rings. The molecule has 0 saturated heterocycles. The summed E-state index contributed by atoms with van der Waals surface area (Å²) in [6, 6.07) is 8.17. The van der Waals surface area contributed by atoms with Crippen LogP contribution in [0.2, 0.25) is 0 Å². The number of anilines is 1. The van der Waals surface area contributed by atoms with Crippen LogP contribution in [0.1, 0.15) is 34.0 Å². The van der Waals surface area contributed by atoms with Gasteiger partial charge in [0.25, 0.3) is 5.91 Å². The lowest BCUT2D eigenvalue weighted by Crippen LogP contribution is -2.30. The van der Waals surface area contributed by atoms with Gasteiger partial charge in [0.15, 0.2) is 0 Å². The molecule has 5 nitrogen and oxygen atoms in total. The van der Waals surface area contributed by atoms with Crippen LogP contribution >= 0.6 is 0 Å². The molecule has 3 N–H and O–H groups in total. The van der Waals surface area contributed by atoms with E-state index in [9.17, 15) is 23.5 Å². The van der Waals surface area contributed by atoms with Crippen LogP contribution in [0.25, 0.3) is 0 Å². The highest BCUT2D eigenvalue weighted by Crippen LogP contribution is 2.26. The fraction of sp³-hybridized carbons (Fsp3) is 0.222. The highest BCUT2D eigenvalue weighted by molar-refractivity contribution is 5.98. The second-order valence-electron chi connectivity index (χ2n) is 5.78. The van der Waals surface area contributed by atoms with E-state index >= 15 is 0 Å². The highest BCUT2D eigenvalue weighted by atomic mass is 19.1. The monoisotopic (exact) mass is 346 g/mol. The summed E-state index contributed by atoms with van der Waals surface area (Å²) < 4.78 is 27.7. The molecule has 1 heterocycles. The number of carbonyl (C=O) groups is 2. The number of benzene rings is 2. The van der Waals surface area contributed by atoms with E-state index in [1.54, 1.807) is 6.07 Å². The molecule has 130 valence electrons. The zero-order valence-corrected chi connectivity index (χ0v) is 13.2. The fourth-order valence-electron chi connectivity index (χ4n) is 2.72. The van der Waals surface area contributed by atoms with Crippen molar-refractivity contribution in [1.82, 2.24) is 5.32 Å². The lowest BCUT2D eigenvalue weighted by atomic mass is 9.99. The average molecular weight is 346 g/mol. The van der Waals surface area contributed by atoms with Crippen LogP contribution in [0.5, 0.6) is 0 Å². The van der Waals surface area contributed by atoms with Gasteiger partial charge in [-0.15, -0.1) is 0 Å². The lowest BCUT2D eigenvalue weighted by Gasteiger charge is -2.18. The fourth-order valence-corrected chi connectivity index (χ4v) is 2.72. The van der Waals surface area contributed by atoms with Gasteiger partial charge in [0.05, 0.1) is 11.7 Å². The smallest absolute Gasteiger partial charge is 0.254 e. The molecule has 0 aliphatic carbocycles. The van der Waals surface area contributed by atoms with Crippen molar-refractivity contribution in [2.45, 2.75) is 18.9 Å². The first-order valence-electron chi connectivity index (χ1n) is 7.78. The third-order valence-corrected chi connectivity index (χ3v) is 4.05. The van der Waals surface area contributed by atoms with Crippen molar-refractivity contribution in [2.24, 2.45) is 0 Å². The molecule has 2 aromatic rings. The van der Waals surface area contributed by atoms with Crippen LogP contribution in [0.4, 0.5) is 14.5 Å². The van der Waals surface area contributed by atoms with Gasteiger partial charge in [-0.25, -0.2) is 8.78 Å². The normalized spacial score (nSPS) is 14.4. The van der Waals surface area contributed by atoms with Gasteiger partial charge in [-0.1, -0.05) is 18.2 Å². The maximum atomic E-state index is 14.1. The molecule has 1 unspecified atom stereocenters. The Labute approximate surface area is 142 Å². The topological polar surface area (TPSA) is 78.4 Å². The van der Waals surface area contributed by atoms with Crippen LogP contribution in [-0.4, -0.2) is 23.5 Å². The lowest BCUT2D eigenvalue weighted by molar-refractivity contribution is -0.116. The van der Waals surface area contributed by atoms with Gasteiger partial charge in [0, 0.05) is 24.2 Å². The molecule has 0 radical (unpaired) electrons. The van der Waals surface area contributed by atoms with Gasteiger partial charge >= 0.3 is 0 Å². The van der Waals surface area contributed by atoms with Crippen molar-refractivity contribution < 1.29 is 23.5 Å². The minimum Gasteiger partial charge on any atom is -0.386 e. The summed E-state index contributed by atoms with van der Waals surface area (Å²) in [6.45, 7) is -0.257. The van der Waals surface area contributed by atoms with Gasteiger partial charge in [-0.05, 0) is 30.2 Å². The van der Waals surface area contributed by atoms with E-state index in [2.05, 4.69) is 10.6 Å². The summed E-state index contributed by atoms with van der Waals surface area (Å²) in [5, 5.41) is 14.9. The Morgan fingerprint density at radius 3 is 2.72 bits per heavy atom. The van der Waals surface area contributed by atoms with Gasteiger partial charge in [0.1, 0.15) is 11.6 Å². The summed E-state index contributed by atoms with van der Waals surface area (Å²) in [4.78, 5) is 23.5. The van der Waals surface area contributed by atoms with E-state index in [0.29, 0.717) is 17.7 Å². The zero-order chi connectivity index (χ0) is 18.0. The molecule has 0 saturated carbocycles. The van der Waals surface area contributed by atoms with Crippen LogP contribution in [-0.2, 0) is 11.2 Å². The molecule has 3 rings (SSSR count). The van der Waals surface area contributed by atoms with Crippen molar-refractivity contribution in [3.63, 3.8) is 0 Å². The molecule has 25 heavy (non-hydrogen) atoms. The number of nitrogens with one attached hydrogen (secondary N) is 2. The van der Waals surface area contributed by atoms with Gasteiger partial charge in [-0.3, -0.25) is 9.59 Å². The summed E-state index contributed by atoms with van der Waals surface area (Å²) >= 11 is 0. The maximum Gasteiger partial charge on any atom is 0.254 e. The molecule has 0 bridgehead atoms. The van der Waals surface area contributed by atoms with E-state index in [1.807, 2.05) is 0 Å². The third-order valence-electron chi connectivity index (χ3n) is 4.05. The Morgan fingerprint density at radius 1 is 1.20 bits per heavy atom. The second-order valence-corrected chi connectivity index (χ2v) is 5.78. The number of hydrogen-bond donors (Lipinski definition) is 3. The van der Waals surface area contributed by atoms with Crippen LogP contribution in [0, 0.1) is 11.6 Å². The number of rotatable bonds is 4. The SMILES string of the molecule is O=C1CCc2cc(C(=O)NCC(O)c3ccccc3F)c(F)cc2N1. The van der Waals surface area contributed by atoms with Crippen molar-refractivity contribution in [1.29, 1.82) is 0 Å². The van der Waals surface area contributed by atoms with Gasteiger partial charge in [-0.2, -0.15) is 0 Å². The highest BCUT2D eigenvalue weighted by Gasteiger charge is 2.21. The summed E-state index contributed by atoms with van der Waals surface area (Å²) in [6.07, 6.45) is -0.559. The molecule has 2 aromatic carbocycles. The number of aliphatic hydroxyl groups excluding tert-OH is 1. The Kier molecular flexibility index (Phi) is 4.76. The first kappa shape index (κ1) is 17.0. The van der Waals surface area contributed by atoms with E-state index < -0.39 is 23.6 Å². The van der Waals surface area contributed by atoms with Gasteiger partial charge in [0.2, 0.25) is 5.91 Å². The molecule has 1 atom stereocenters. The van der Waals surface area contributed by atoms with Crippen molar-refractivity contribution in [3.05, 3.63) is 64.7 Å². The molecular formula is C18H16F2N2O3. The first-order valence-corrected chi connectivity index (χ1v) is 7.78. The van der Waals surface area contributed by atoms with Crippen LogP contribution in [0.15, 0.2) is 36.4 Å². The number of halogens is 2. The Balaban J connectivity index is 1.71. The zero-order valence-electron chi connectivity index (χ0n) is 13.2. The predicted octanol–water partition coefficient (Wildman–Crippen LogP) is 2.31. The van der Waals surface area contributed by atoms with E-state index in [1.165, 1.54) is 24.3 Å². The first-order chi connectivity index (χ1) is 12.0. The molecule has 7 heteroatoms. The van der Waals surface area contributed by atoms with Crippen molar-refractivity contribution in [2.75, 3.05) is 11.9 Å². The minimum atomic E-state index is -1.25. The number of amides is 2. The number of hydrogen-bond acceptors (Lipinski definition) is 3. The van der Waals surface area contributed by atoms with Crippen molar-refractivity contribution >= 4 is 17.5 Å². The second kappa shape index (κ2) is 6.98. The standard InChI is InChI=1S/C18H16F2N2O3/c19-13-4-2-1-3-11(13)16(23)9-21-18(25)12-7-10-5-6-17(24)22-15(10)8-14(12)20/h1-4,7-8,16,23H,5-6,9H2,(H,21,25)(H,22,24). The Bertz CT molecular complexity index is 839. The summed E-state index contributed by atoms with van der Waals surface area (Å²) in [5.74, 6) is -2.27. The summed E-state index contributed by atoms with van der Waals surface area (Å²) in [5.41, 5.74) is 0.893. The molecule has 0 aromatic heterocycles. The Morgan fingerprint density at radius 2 is 1.96 bits per heavy atom. The molecular weight excluding hydrogens is 330 g/mol. The van der Waals surface area contributed by atoms with E-state index in [0.717, 1.165) is 6.07 Å². The summed E-state index contributed by atoms with van der Waals surface area (Å²) in [7, 11) is 0. The van der Waals surface area contributed by atoms with E-state index in [-0.39, 0.29) is 30.0 Å². The molecule has 2 amide bonds. The molecule has 1 aliphatic heterocycles. The number of carbonyl (C=O) groups excluding carboxylic acids is 2.